The first-order chi connectivity index (χ1) is 18.9. The van der Waals surface area contributed by atoms with E-state index >= 15 is 0 Å². The molecule has 4 fully saturated rings. The number of hydrogen-bond acceptors (Lipinski definition) is 0. The van der Waals surface area contributed by atoms with Crippen LogP contribution < -0.4 is 0 Å². The predicted molar refractivity (Wildman–Crippen MR) is 216 cm³/mol. The molecule has 0 nitrogen and oxygen atoms in total. The Kier molecular flexibility index (Phi) is 66.0. The van der Waals surface area contributed by atoms with E-state index in [-0.39, 0.29) is 120 Å². The maximum absolute atomic E-state index is 2.44. The van der Waals surface area contributed by atoms with Crippen LogP contribution in [0.1, 0.15) is 161 Å². The maximum Gasteiger partial charge on any atom is 0 e. The van der Waals surface area contributed by atoms with Gasteiger partial charge in [0.2, 0.25) is 0 Å². The van der Waals surface area contributed by atoms with Crippen LogP contribution in [0.25, 0.3) is 0 Å². The van der Waals surface area contributed by atoms with Crippen LogP contribution in [-0.2, 0) is 98.1 Å². The standard InChI is InChI=1S/C11H20.C7H16.2C6H13P.C6H10.C2H6.3CH3.3Y/c1-8-3-10-5-9(2)6-11(4-8)7-10;1-6(2)5-7(3)4;2*1-3-6-4-5(2)7-6;1-3-5-6-4-2;1-2;;;;;;/h8-11H,3-7H2,1-2H3;6-7H,5H2,1-4H3;2*5-7H,3-4H2,1-2H3;3-6H,1-2H3;1-2H3;3*1H3;;;/q;;;;;;3*-1;;;/b;;;;5-3-,6-4-;;;;;;;. The molecule has 2 aliphatic heterocycles. The van der Waals surface area contributed by atoms with Crippen molar-refractivity contribution in [3.63, 3.8) is 0 Å². The minimum Gasteiger partial charge on any atom is -0.358 e. The molecule has 2 heterocycles. The van der Waals surface area contributed by atoms with Crippen LogP contribution in [0.15, 0.2) is 24.3 Å². The van der Waals surface area contributed by atoms with E-state index in [2.05, 4.69) is 69.2 Å². The molecule has 6 atom stereocenters. The Hall–Kier alpha value is 3.65. The van der Waals surface area contributed by atoms with Crippen molar-refractivity contribution in [2.45, 2.75) is 184 Å². The van der Waals surface area contributed by atoms with Crippen LogP contribution in [0, 0.1) is 57.8 Å². The van der Waals surface area contributed by atoms with E-state index in [1.54, 1.807) is 6.42 Å². The third-order valence-corrected chi connectivity index (χ3v) is 12.2. The second kappa shape index (κ2) is 44.8. The van der Waals surface area contributed by atoms with Crippen LogP contribution in [0.5, 0.6) is 0 Å². The summed E-state index contributed by atoms with van der Waals surface area (Å²) in [5.74, 6) is 6.03. The summed E-state index contributed by atoms with van der Waals surface area (Å²) in [4.78, 5) is 0. The summed E-state index contributed by atoms with van der Waals surface area (Å²) < 4.78 is 0. The van der Waals surface area contributed by atoms with Crippen LogP contribution >= 0.6 is 17.2 Å². The summed E-state index contributed by atoms with van der Waals surface area (Å²) in [6.45, 7) is 31.2. The Morgan fingerprint density at radius 3 is 0.935 bits per heavy atom. The Bertz CT molecular complexity index is 529. The van der Waals surface area contributed by atoms with Crippen molar-refractivity contribution in [3.05, 3.63) is 46.6 Å². The van der Waals surface area contributed by atoms with Crippen LogP contribution in [-0.4, -0.2) is 22.6 Å². The second-order valence-corrected chi connectivity index (χ2v) is 18.3. The minimum atomic E-state index is 0. The van der Waals surface area contributed by atoms with Crippen molar-refractivity contribution in [3.8, 4) is 0 Å². The number of rotatable bonds is 5. The Morgan fingerprint density at radius 1 is 0.543 bits per heavy atom. The van der Waals surface area contributed by atoms with E-state index in [4.69, 9.17) is 0 Å². The van der Waals surface area contributed by atoms with Crippen LogP contribution in [0.4, 0.5) is 0 Å². The molecular formula is C41H87P2Y3-3. The van der Waals surface area contributed by atoms with Crippen LogP contribution in [0.2, 0.25) is 0 Å². The summed E-state index contributed by atoms with van der Waals surface area (Å²) in [6, 6.07) is 0. The van der Waals surface area contributed by atoms with Gasteiger partial charge >= 0.3 is 0 Å². The summed E-state index contributed by atoms with van der Waals surface area (Å²) in [7, 11) is 2.57. The van der Waals surface area contributed by atoms with Gasteiger partial charge < -0.3 is 22.3 Å². The van der Waals surface area contributed by atoms with Gasteiger partial charge in [0.25, 0.3) is 0 Å². The zero-order valence-corrected chi connectivity index (χ0v) is 45.4. The van der Waals surface area contributed by atoms with E-state index in [1.165, 1.54) is 74.9 Å². The van der Waals surface area contributed by atoms with Gasteiger partial charge in [0.15, 0.2) is 0 Å². The molecule has 0 spiro atoms. The Morgan fingerprint density at radius 2 is 0.804 bits per heavy atom. The first kappa shape index (κ1) is 67.7. The average molecular weight is 909 g/mol. The Balaban J connectivity index is -0.0000000635. The van der Waals surface area contributed by atoms with Gasteiger partial charge in [0.05, 0.1) is 0 Å². The molecular weight excluding hydrogens is 821 g/mol. The molecule has 4 aliphatic rings. The van der Waals surface area contributed by atoms with E-state index in [0.29, 0.717) is 0 Å². The monoisotopic (exact) mass is 908 g/mol. The SMILES string of the molecule is C/C=C\C=C/C.CC.CC(C)CC(C)C.CC1CC2CC(C)CC(C1)C2.CCC1CC(C)P1.CCC1CC(C)P1.[CH3-].[CH3-].[CH3-].[Y].[Y].[Y]. The third-order valence-electron chi connectivity index (χ3n) is 8.35. The number of allylic oxidation sites excluding steroid dienone is 4. The molecule has 0 amide bonds. The topological polar surface area (TPSA) is 0 Å². The maximum atomic E-state index is 2.44. The summed E-state index contributed by atoms with van der Waals surface area (Å²) >= 11 is 0. The molecule has 0 aromatic carbocycles. The summed E-state index contributed by atoms with van der Waals surface area (Å²) in [5, 5.41) is 0. The molecule has 2 saturated heterocycles. The largest absolute Gasteiger partial charge is 0.358 e. The Labute approximate surface area is 376 Å². The summed E-state index contributed by atoms with van der Waals surface area (Å²) in [5.41, 5.74) is 4.39. The van der Waals surface area contributed by atoms with Gasteiger partial charge in [-0.2, -0.15) is 0 Å². The van der Waals surface area contributed by atoms with Crippen molar-refractivity contribution in [2.75, 3.05) is 0 Å². The smallest absolute Gasteiger partial charge is 0 e. The number of hydrogen-bond donors (Lipinski definition) is 0. The van der Waals surface area contributed by atoms with Crippen molar-refractivity contribution in [1.82, 2.24) is 0 Å². The zero-order chi connectivity index (χ0) is 31.1. The first-order valence-electron chi connectivity index (χ1n) is 17.7. The average Bonchev–Trinajstić information content (AvgIpc) is 2.84. The molecule has 3 radical (unpaired) electrons. The molecule has 2 bridgehead atoms. The van der Waals surface area contributed by atoms with Gasteiger partial charge in [-0.05, 0) is 136 Å². The minimum absolute atomic E-state index is 0. The molecule has 5 heteroatoms. The van der Waals surface area contributed by atoms with Crippen molar-refractivity contribution in [2.24, 2.45) is 35.5 Å². The third kappa shape index (κ3) is 40.4. The first-order valence-corrected chi connectivity index (χ1v) is 20.0. The van der Waals surface area contributed by atoms with E-state index < -0.39 is 0 Å². The molecule has 6 unspecified atom stereocenters. The van der Waals surface area contributed by atoms with Crippen molar-refractivity contribution >= 4 is 17.2 Å². The molecule has 0 aromatic rings. The van der Waals surface area contributed by atoms with Gasteiger partial charge in [0, 0.05) is 98.1 Å². The number of fused-ring (bicyclic) bond motifs is 2. The molecule has 273 valence electrons. The van der Waals surface area contributed by atoms with E-state index in [9.17, 15) is 0 Å². The molecule has 2 aliphatic carbocycles. The van der Waals surface area contributed by atoms with E-state index in [0.717, 1.165) is 58.1 Å². The molecule has 46 heavy (non-hydrogen) atoms. The zero-order valence-electron chi connectivity index (χ0n) is 34.9. The van der Waals surface area contributed by atoms with Crippen molar-refractivity contribution < 1.29 is 98.1 Å². The van der Waals surface area contributed by atoms with E-state index in [1.807, 2.05) is 52.0 Å². The van der Waals surface area contributed by atoms with Gasteiger partial charge in [-0.15, -0.1) is 17.2 Å². The molecule has 0 aromatic heterocycles. The predicted octanol–water partition coefficient (Wildman–Crippen LogP) is 15.1. The quantitative estimate of drug-likeness (QED) is 0.146. The fourth-order valence-corrected chi connectivity index (χ4v) is 9.88. The second-order valence-electron chi connectivity index (χ2n) is 14.0. The van der Waals surface area contributed by atoms with Gasteiger partial charge in [-0.25, -0.2) is 0 Å². The molecule has 2 saturated carbocycles. The van der Waals surface area contributed by atoms with Crippen LogP contribution in [0.3, 0.4) is 0 Å². The summed E-state index contributed by atoms with van der Waals surface area (Å²) in [6.07, 6.45) is 22.9. The molecule has 4 rings (SSSR count). The van der Waals surface area contributed by atoms with Gasteiger partial charge in [-0.3, -0.25) is 0 Å². The normalized spacial score (nSPS) is 28.8. The van der Waals surface area contributed by atoms with Gasteiger partial charge in [-0.1, -0.05) is 107 Å². The van der Waals surface area contributed by atoms with Gasteiger partial charge in [0.1, 0.15) is 0 Å². The fourth-order valence-electron chi connectivity index (χ4n) is 6.86. The fraction of sp³-hybridized carbons (Fsp3) is 0.829. The van der Waals surface area contributed by atoms with Crippen molar-refractivity contribution in [1.29, 1.82) is 0 Å². The molecule has 0 N–H and O–H groups in total.